The van der Waals surface area contributed by atoms with Gasteiger partial charge in [-0.3, -0.25) is 0 Å². The predicted molar refractivity (Wildman–Crippen MR) is 118 cm³/mol. The Morgan fingerprint density at radius 3 is 2.08 bits per heavy atom. The monoisotopic (exact) mass is 374 g/mol. The van der Waals surface area contributed by atoms with E-state index in [0.29, 0.717) is 0 Å². The molecule has 0 aliphatic carbocycles. The SMILES string of the molecule is CCC(CC)(CP)COc1ccc(-c2ccc(C)c(CP)c2)cc1C. The molecular formula is C22H32OP2. The van der Waals surface area contributed by atoms with Crippen molar-refractivity contribution in [3.63, 3.8) is 0 Å². The van der Waals surface area contributed by atoms with Crippen LogP contribution in [0.15, 0.2) is 36.4 Å². The van der Waals surface area contributed by atoms with Crippen molar-refractivity contribution < 1.29 is 4.74 Å². The molecule has 0 bridgehead atoms. The van der Waals surface area contributed by atoms with Gasteiger partial charge in [0.2, 0.25) is 0 Å². The zero-order chi connectivity index (χ0) is 18.4. The third kappa shape index (κ3) is 4.84. The lowest BCUT2D eigenvalue weighted by atomic mass is 9.85. The van der Waals surface area contributed by atoms with Crippen LogP contribution in [-0.4, -0.2) is 12.8 Å². The van der Waals surface area contributed by atoms with Gasteiger partial charge in [0.1, 0.15) is 5.75 Å². The topological polar surface area (TPSA) is 9.23 Å². The van der Waals surface area contributed by atoms with Crippen molar-refractivity contribution in [3.05, 3.63) is 53.1 Å². The van der Waals surface area contributed by atoms with Crippen LogP contribution in [0.1, 0.15) is 43.4 Å². The normalized spacial score (nSPS) is 11.6. The van der Waals surface area contributed by atoms with Crippen molar-refractivity contribution >= 4 is 18.5 Å². The van der Waals surface area contributed by atoms with Gasteiger partial charge in [0, 0.05) is 5.41 Å². The van der Waals surface area contributed by atoms with E-state index in [2.05, 4.69) is 82.6 Å². The molecule has 0 aromatic heterocycles. The maximum atomic E-state index is 6.21. The van der Waals surface area contributed by atoms with Crippen LogP contribution in [0.5, 0.6) is 5.75 Å². The first-order chi connectivity index (χ1) is 12.0. The number of hydrogen-bond acceptors (Lipinski definition) is 1. The number of ether oxygens (including phenoxy) is 1. The van der Waals surface area contributed by atoms with Crippen molar-refractivity contribution in [1.29, 1.82) is 0 Å². The Bertz CT molecular complexity index is 697. The van der Waals surface area contributed by atoms with Crippen molar-refractivity contribution in [3.8, 4) is 16.9 Å². The molecule has 0 aliphatic heterocycles. The average molecular weight is 374 g/mol. The molecule has 0 spiro atoms. The summed E-state index contributed by atoms with van der Waals surface area (Å²) in [7, 11) is 5.71. The van der Waals surface area contributed by atoms with E-state index >= 15 is 0 Å². The molecule has 2 atom stereocenters. The lowest BCUT2D eigenvalue weighted by molar-refractivity contribution is 0.156. The van der Waals surface area contributed by atoms with Crippen molar-refractivity contribution in [2.75, 3.05) is 12.8 Å². The van der Waals surface area contributed by atoms with Gasteiger partial charge in [-0.15, -0.1) is 18.5 Å². The van der Waals surface area contributed by atoms with Crippen molar-refractivity contribution in [1.82, 2.24) is 0 Å². The van der Waals surface area contributed by atoms with Gasteiger partial charge in [-0.25, -0.2) is 0 Å². The van der Waals surface area contributed by atoms with E-state index in [-0.39, 0.29) is 5.41 Å². The molecule has 3 heteroatoms. The fraction of sp³-hybridized carbons (Fsp3) is 0.455. The molecule has 0 saturated carbocycles. The van der Waals surface area contributed by atoms with Crippen LogP contribution in [0, 0.1) is 19.3 Å². The number of aryl methyl sites for hydroxylation is 2. The quantitative estimate of drug-likeness (QED) is 0.485. The molecule has 2 unspecified atom stereocenters. The summed E-state index contributed by atoms with van der Waals surface area (Å²) < 4.78 is 6.21. The third-order valence-electron chi connectivity index (χ3n) is 5.54. The zero-order valence-corrected chi connectivity index (χ0v) is 18.4. The Kier molecular flexibility index (Phi) is 7.48. The first-order valence-corrected chi connectivity index (χ1v) is 10.9. The second-order valence-corrected chi connectivity index (χ2v) is 7.84. The second-order valence-electron chi connectivity index (χ2n) is 7.03. The second kappa shape index (κ2) is 9.16. The van der Waals surface area contributed by atoms with Crippen LogP contribution in [0.4, 0.5) is 0 Å². The van der Waals surface area contributed by atoms with Gasteiger partial charge in [0.15, 0.2) is 0 Å². The van der Waals surface area contributed by atoms with Crippen LogP contribution < -0.4 is 4.74 Å². The van der Waals surface area contributed by atoms with E-state index in [0.717, 1.165) is 37.5 Å². The van der Waals surface area contributed by atoms with Gasteiger partial charge < -0.3 is 4.74 Å². The largest absolute Gasteiger partial charge is 0.493 e. The van der Waals surface area contributed by atoms with E-state index < -0.39 is 0 Å². The van der Waals surface area contributed by atoms with E-state index in [9.17, 15) is 0 Å². The highest BCUT2D eigenvalue weighted by molar-refractivity contribution is 7.16. The molecule has 2 aromatic rings. The third-order valence-corrected chi connectivity index (χ3v) is 6.85. The molecule has 136 valence electrons. The molecule has 0 N–H and O–H groups in total. The van der Waals surface area contributed by atoms with Crippen molar-refractivity contribution in [2.24, 2.45) is 5.41 Å². The average Bonchev–Trinajstić information content (AvgIpc) is 2.64. The molecule has 0 saturated heterocycles. The summed E-state index contributed by atoms with van der Waals surface area (Å²) in [5, 5.41) is 0. The Morgan fingerprint density at radius 1 is 0.880 bits per heavy atom. The summed E-state index contributed by atoms with van der Waals surface area (Å²) in [5.41, 5.74) is 6.74. The number of rotatable bonds is 8. The minimum Gasteiger partial charge on any atom is -0.493 e. The Hall–Kier alpha value is -0.900. The fourth-order valence-corrected chi connectivity index (χ4v) is 4.23. The van der Waals surface area contributed by atoms with E-state index in [4.69, 9.17) is 4.74 Å². The fourth-order valence-electron chi connectivity index (χ4n) is 3.09. The summed E-state index contributed by atoms with van der Waals surface area (Å²) in [6.07, 6.45) is 4.36. The van der Waals surface area contributed by atoms with Gasteiger partial charge in [-0.05, 0) is 79.0 Å². The van der Waals surface area contributed by atoms with Gasteiger partial charge in [-0.1, -0.05) is 38.1 Å². The first-order valence-electron chi connectivity index (χ1n) is 9.22. The minimum atomic E-state index is 0.264. The van der Waals surface area contributed by atoms with Gasteiger partial charge in [-0.2, -0.15) is 0 Å². The van der Waals surface area contributed by atoms with E-state index in [1.54, 1.807) is 0 Å². The Labute approximate surface area is 158 Å². The molecule has 0 heterocycles. The molecule has 1 nitrogen and oxygen atoms in total. The molecule has 25 heavy (non-hydrogen) atoms. The Morgan fingerprint density at radius 2 is 1.52 bits per heavy atom. The van der Waals surface area contributed by atoms with Crippen LogP contribution in [-0.2, 0) is 6.16 Å². The lowest BCUT2D eigenvalue weighted by Crippen LogP contribution is -2.29. The first kappa shape index (κ1) is 20.4. The van der Waals surface area contributed by atoms with Crippen LogP contribution in [0.25, 0.3) is 11.1 Å². The van der Waals surface area contributed by atoms with Crippen LogP contribution in [0.2, 0.25) is 0 Å². The van der Waals surface area contributed by atoms with Crippen LogP contribution >= 0.6 is 18.5 Å². The summed E-state index contributed by atoms with van der Waals surface area (Å²) in [6.45, 7) is 9.61. The standard InChI is InChI=1S/C22H32OP2/c1-5-22(6-2,15-25)14-23-21-10-9-18(11-17(21)4)19-8-7-16(3)20(12-19)13-24/h7-12H,5-6,13-15,24-25H2,1-4H3. The lowest BCUT2D eigenvalue weighted by Gasteiger charge is -2.30. The molecular weight excluding hydrogens is 342 g/mol. The van der Waals surface area contributed by atoms with Gasteiger partial charge in [0.05, 0.1) is 6.61 Å². The maximum Gasteiger partial charge on any atom is 0.122 e. The molecule has 0 radical (unpaired) electrons. The molecule has 0 amide bonds. The maximum absolute atomic E-state index is 6.21. The zero-order valence-electron chi connectivity index (χ0n) is 16.1. The molecule has 0 aliphatic rings. The van der Waals surface area contributed by atoms with Crippen LogP contribution in [0.3, 0.4) is 0 Å². The Balaban J connectivity index is 2.21. The highest BCUT2D eigenvalue weighted by Gasteiger charge is 2.25. The minimum absolute atomic E-state index is 0.264. The highest BCUT2D eigenvalue weighted by Crippen LogP contribution is 2.32. The summed E-state index contributed by atoms with van der Waals surface area (Å²) in [6, 6.07) is 13.3. The predicted octanol–water partition coefficient (Wildman–Crippen LogP) is 6.41. The summed E-state index contributed by atoms with van der Waals surface area (Å²) in [4.78, 5) is 0. The summed E-state index contributed by atoms with van der Waals surface area (Å²) in [5.74, 6) is 1.01. The number of hydrogen-bond donors (Lipinski definition) is 0. The molecule has 0 fully saturated rings. The van der Waals surface area contributed by atoms with Gasteiger partial charge >= 0.3 is 0 Å². The molecule has 2 rings (SSSR count). The van der Waals surface area contributed by atoms with Crippen molar-refractivity contribution in [2.45, 2.75) is 46.7 Å². The number of benzene rings is 2. The summed E-state index contributed by atoms with van der Waals surface area (Å²) >= 11 is 0. The van der Waals surface area contributed by atoms with E-state index in [1.165, 1.54) is 27.8 Å². The van der Waals surface area contributed by atoms with Gasteiger partial charge in [0.25, 0.3) is 0 Å². The van der Waals surface area contributed by atoms with E-state index in [1.807, 2.05) is 0 Å². The smallest absolute Gasteiger partial charge is 0.122 e. The molecule has 2 aromatic carbocycles. The highest BCUT2D eigenvalue weighted by atomic mass is 31.0.